The van der Waals surface area contributed by atoms with Crippen LogP contribution in [0, 0.1) is 29.1 Å². The minimum absolute atomic E-state index is 0.0298. The Bertz CT molecular complexity index is 408. The Morgan fingerprint density at radius 3 is 2.55 bits per heavy atom. The van der Waals surface area contributed by atoms with Crippen molar-refractivity contribution in [1.82, 2.24) is 9.80 Å². The zero-order chi connectivity index (χ0) is 14.1. The van der Waals surface area contributed by atoms with Gasteiger partial charge < -0.3 is 4.90 Å². The van der Waals surface area contributed by atoms with Gasteiger partial charge in [0.05, 0.1) is 12.1 Å². The molecule has 1 saturated heterocycles. The maximum atomic E-state index is 12.4. The third-order valence-corrected chi connectivity index (χ3v) is 5.72. The SMILES string of the molecule is CC(C#N)N1CCN(C(=O)CC2CC3CCC2C3)CC1. The topological polar surface area (TPSA) is 47.3 Å². The van der Waals surface area contributed by atoms with Crippen molar-refractivity contribution in [3.63, 3.8) is 0 Å². The predicted octanol–water partition coefficient (Wildman–Crippen LogP) is 1.87. The second-order valence-corrected chi connectivity index (χ2v) is 6.86. The molecule has 1 aliphatic heterocycles. The molecule has 4 atom stereocenters. The zero-order valence-corrected chi connectivity index (χ0v) is 12.4. The van der Waals surface area contributed by atoms with E-state index in [2.05, 4.69) is 11.0 Å². The Morgan fingerprint density at radius 1 is 1.25 bits per heavy atom. The maximum Gasteiger partial charge on any atom is 0.222 e. The van der Waals surface area contributed by atoms with Gasteiger partial charge in [0.25, 0.3) is 0 Å². The van der Waals surface area contributed by atoms with Gasteiger partial charge in [-0.25, -0.2) is 0 Å². The van der Waals surface area contributed by atoms with Gasteiger partial charge in [0.15, 0.2) is 0 Å². The lowest BCUT2D eigenvalue weighted by Gasteiger charge is -2.36. The number of carbonyl (C=O) groups is 1. The molecule has 2 bridgehead atoms. The van der Waals surface area contributed by atoms with Crippen LogP contribution in [0.2, 0.25) is 0 Å². The third-order valence-electron chi connectivity index (χ3n) is 5.72. The van der Waals surface area contributed by atoms with Gasteiger partial charge in [0.2, 0.25) is 5.91 Å². The monoisotopic (exact) mass is 275 g/mol. The Balaban J connectivity index is 1.46. The molecule has 1 heterocycles. The number of rotatable bonds is 3. The third kappa shape index (κ3) is 2.69. The Morgan fingerprint density at radius 2 is 2.00 bits per heavy atom. The average molecular weight is 275 g/mol. The molecule has 110 valence electrons. The lowest BCUT2D eigenvalue weighted by molar-refractivity contribution is -0.134. The lowest BCUT2D eigenvalue weighted by Crippen LogP contribution is -2.51. The summed E-state index contributed by atoms with van der Waals surface area (Å²) < 4.78 is 0. The molecule has 4 nitrogen and oxygen atoms in total. The van der Waals surface area contributed by atoms with Gasteiger partial charge in [0, 0.05) is 32.6 Å². The summed E-state index contributed by atoms with van der Waals surface area (Å²) >= 11 is 0. The molecular formula is C16H25N3O. The number of hydrogen-bond acceptors (Lipinski definition) is 3. The lowest BCUT2D eigenvalue weighted by atomic mass is 9.86. The molecule has 3 aliphatic rings. The maximum absolute atomic E-state index is 12.4. The molecule has 3 fully saturated rings. The highest BCUT2D eigenvalue weighted by molar-refractivity contribution is 5.76. The van der Waals surface area contributed by atoms with Gasteiger partial charge in [-0.2, -0.15) is 5.26 Å². The molecule has 0 N–H and O–H groups in total. The van der Waals surface area contributed by atoms with Crippen LogP contribution in [-0.2, 0) is 4.79 Å². The Kier molecular flexibility index (Phi) is 3.98. The van der Waals surface area contributed by atoms with Crippen molar-refractivity contribution in [2.24, 2.45) is 17.8 Å². The normalized spacial score (nSPS) is 35.0. The van der Waals surface area contributed by atoms with Crippen molar-refractivity contribution in [1.29, 1.82) is 5.26 Å². The highest BCUT2D eigenvalue weighted by Gasteiger charge is 2.40. The Labute approximate surface area is 121 Å². The second kappa shape index (κ2) is 5.73. The standard InChI is InChI=1S/C16H25N3O/c1-12(11-17)18-4-6-19(7-5-18)16(20)10-15-9-13-2-3-14(15)8-13/h12-15H,2-10H2,1H3. The van der Waals surface area contributed by atoms with Gasteiger partial charge in [-0.1, -0.05) is 6.42 Å². The van der Waals surface area contributed by atoms with Crippen molar-refractivity contribution in [3.8, 4) is 6.07 Å². The van der Waals surface area contributed by atoms with Gasteiger partial charge in [-0.05, 0) is 43.9 Å². The van der Waals surface area contributed by atoms with Crippen molar-refractivity contribution in [2.75, 3.05) is 26.2 Å². The predicted molar refractivity (Wildman–Crippen MR) is 76.8 cm³/mol. The summed E-state index contributed by atoms with van der Waals surface area (Å²) in [5.74, 6) is 2.78. The molecule has 0 radical (unpaired) electrons. The van der Waals surface area contributed by atoms with E-state index in [1.165, 1.54) is 25.7 Å². The van der Waals surface area contributed by atoms with Crippen LogP contribution in [0.1, 0.15) is 39.0 Å². The number of nitriles is 1. The van der Waals surface area contributed by atoms with Crippen LogP contribution in [-0.4, -0.2) is 47.9 Å². The number of amides is 1. The zero-order valence-electron chi connectivity index (χ0n) is 12.4. The van der Waals surface area contributed by atoms with E-state index in [9.17, 15) is 4.79 Å². The second-order valence-electron chi connectivity index (χ2n) is 6.86. The van der Waals surface area contributed by atoms with Crippen LogP contribution in [0.4, 0.5) is 0 Å². The molecule has 0 aromatic rings. The van der Waals surface area contributed by atoms with Crippen molar-refractivity contribution < 1.29 is 4.79 Å². The van der Waals surface area contributed by atoms with E-state index in [-0.39, 0.29) is 6.04 Å². The summed E-state index contributed by atoms with van der Waals surface area (Å²) in [7, 11) is 0. The summed E-state index contributed by atoms with van der Waals surface area (Å²) in [6.07, 6.45) is 6.21. The minimum atomic E-state index is -0.0298. The fourth-order valence-electron chi connectivity index (χ4n) is 4.42. The number of piperazine rings is 1. The molecule has 20 heavy (non-hydrogen) atoms. The molecule has 0 spiro atoms. The number of fused-ring (bicyclic) bond motifs is 2. The number of hydrogen-bond donors (Lipinski definition) is 0. The van der Waals surface area contributed by atoms with Crippen LogP contribution < -0.4 is 0 Å². The van der Waals surface area contributed by atoms with Crippen LogP contribution in [0.5, 0.6) is 0 Å². The first-order valence-corrected chi connectivity index (χ1v) is 8.09. The quantitative estimate of drug-likeness (QED) is 0.790. The highest BCUT2D eigenvalue weighted by atomic mass is 16.2. The highest BCUT2D eigenvalue weighted by Crippen LogP contribution is 2.49. The van der Waals surface area contributed by atoms with Gasteiger partial charge >= 0.3 is 0 Å². The van der Waals surface area contributed by atoms with E-state index in [0.717, 1.165) is 44.4 Å². The average Bonchev–Trinajstić information content (AvgIpc) is 3.09. The molecule has 3 rings (SSSR count). The summed E-state index contributed by atoms with van der Waals surface area (Å²) in [5.41, 5.74) is 0. The van der Waals surface area contributed by atoms with Crippen LogP contribution in [0.15, 0.2) is 0 Å². The van der Waals surface area contributed by atoms with E-state index in [1.54, 1.807) is 0 Å². The van der Waals surface area contributed by atoms with E-state index < -0.39 is 0 Å². The van der Waals surface area contributed by atoms with Crippen LogP contribution in [0.25, 0.3) is 0 Å². The first kappa shape index (κ1) is 13.9. The summed E-state index contributed by atoms with van der Waals surface area (Å²) in [6.45, 7) is 5.22. The number of nitrogens with zero attached hydrogens (tertiary/aromatic N) is 3. The van der Waals surface area contributed by atoms with E-state index in [1.807, 2.05) is 11.8 Å². The minimum Gasteiger partial charge on any atom is -0.340 e. The molecule has 0 aromatic heterocycles. The molecule has 2 saturated carbocycles. The number of carbonyl (C=O) groups excluding carboxylic acids is 1. The molecule has 1 amide bonds. The van der Waals surface area contributed by atoms with Crippen LogP contribution >= 0.6 is 0 Å². The first-order chi connectivity index (χ1) is 9.67. The summed E-state index contributed by atoms with van der Waals surface area (Å²) in [5, 5.41) is 8.94. The summed E-state index contributed by atoms with van der Waals surface area (Å²) in [6, 6.07) is 2.25. The van der Waals surface area contributed by atoms with Crippen molar-refractivity contribution in [2.45, 2.75) is 45.1 Å². The molecular weight excluding hydrogens is 250 g/mol. The van der Waals surface area contributed by atoms with Gasteiger partial charge in [-0.15, -0.1) is 0 Å². The van der Waals surface area contributed by atoms with E-state index in [0.29, 0.717) is 11.8 Å². The molecule has 2 aliphatic carbocycles. The largest absolute Gasteiger partial charge is 0.340 e. The van der Waals surface area contributed by atoms with Crippen molar-refractivity contribution >= 4 is 5.91 Å². The molecule has 4 heteroatoms. The fraction of sp³-hybridized carbons (Fsp3) is 0.875. The van der Waals surface area contributed by atoms with Crippen molar-refractivity contribution in [3.05, 3.63) is 0 Å². The van der Waals surface area contributed by atoms with E-state index >= 15 is 0 Å². The van der Waals surface area contributed by atoms with Gasteiger partial charge in [0.1, 0.15) is 0 Å². The summed E-state index contributed by atoms with van der Waals surface area (Å²) in [4.78, 5) is 16.6. The van der Waals surface area contributed by atoms with Gasteiger partial charge in [-0.3, -0.25) is 9.69 Å². The Hall–Kier alpha value is -1.08. The van der Waals surface area contributed by atoms with Crippen LogP contribution in [0.3, 0.4) is 0 Å². The first-order valence-electron chi connectivity index (χ1n) is 8.09. The smallest absolute Gasteiger partial charge is 0.222 e. The fourth-order valence-corrected chi connectivity index (χ4v) is 4.42. The molecule has 4 unspecified atom stereocenters. The van der Waals surface area contributed by atoms with E-state index in [4.69, 9.17) is 5.26 Å². The molecule has 0 aromatic carbocycles.